The number of nitrogens with zero attached hydrogens (tertiary/aromatic N) is 2. The van der Waals surface area contributed by atoms with Gasteiger partial charge in [0.1, 0.15) is 5.82 Å². The molecule has 1 N–H and O–H groups in total. The molecule has 3 fully saturated rings. The highest BCUT2D eigenvalue weighted by atomic mass is 15.0. The van der Waals surface area contributed by atoms with E-state index < -0.39 is 0 Å². The van der Waals surface area contributed by atoms with E-state index in [0.29, 0.717) is 0 Å². The van der Waals surface area contributed by atoms with Crippen molar-refractivity contribution in [3.8, 4) is 0 Å². The fourth-order valence-corrected chi connectivity index (χ4v) is 2.32. The molecule has 1 aromatic heterocycles. The summed E-state index contributed by atoms with van der Waals surface area (Å²) in [6.07, 6.45) is 7.98. The minimum atomic E-state index is 0.743. The molecule has 3 saturated carbocycles. The molecule has 3 nitrogen and oxygen atoms in total. The Hall–Kier alpha value is -0.960. The molecule has 3 aliphatic rings. The van der Waals surface area contributed by atoms with Crippen molar-refractivity contribution in [1.29, 1.82) is 0 Å². The van der Waals surface area contributed by atoms with Crippen LogP contribution in [-0.4, -0.2) is 16.0 Å². The molecule has 0 spiro atoms. The average molecular weight is 229 g/mol. The predicted octanol–water partition coefficient (Wildman–Crippen LogP) is 2.48. The highest BCUT2D eigenvalue weighted by molar-refractivity contribution is 5.24. The van der Waals surface area contributed by atoms with Crippen LogP contribution in [-0.2, 0) is 6.54 Å². The van der Waals surface area contributed by atoms with Gasteiger partial charge in [-0.3, -0.25) is 0 Å². The van der Waals surface area contributed by atoms with Gasteiger partial charge in [0.2, 0.25) is 0 Å². The third kappa shape index (κ3) is 2.34. The summed E-state index contributed by atoms with van der Waals surface area (Å²) in [5.41, 5.74) is 2.63. The Morgan fingerprint density at radius 2 is 1.53 bits per heavy atom. The van der Waals surface area contributed by atoms with Crippen LogP contribution in [0.3, 0.4) is 0 Å². The molecule has 3 heteroatoms. The van der Waals surface area contributed by atoms with E-state index in [9.17, 15) is 0 Å². The van der Waals surface area contributed by atoms with E-state index in [-0.39, 0.29) is 0 Å². The first-order chi connectivity index (χ1) is 8.38. The van der Waals surface area contributed by atoms with E-state index in [0.717, 1.165) is 30.2 Å². The van der Waals surface area contributed by atoms with E-state index in [1.165, 1.54) is 49.9 Å². The van der Waals surface area contributed by atoms with Crippen LogP contribution in [0.4, 0.5) is 0 Å². The van der Waals surface area contributed by atoms with Crippen LogP contribution in [0.2, 0.25) is 0 Å². The van der Waals surface area contributed by atoms with Crippen molar-refractivity contribution in [3.05, 3.63) is 23.3 Å². The SMILES string of the molecule is c1c(C2CC2)nc(CNC2CC2)nc1C1CC1. The first-order valence-corrected chi connectivity index (χ1v) is 6.99. The smallest absolute Gasteiger partial charge is 0.142 e. The number of hydrogen-bond donors (Lipinski definition) is 1. The Bertz CT molecular complexity index is 401. The van der Waals surface area contributed by atoms with Crippen molar-refractivity contribution in [3.63, 3.8) is 0 Å². The fourth-order valence-electron chi connectivity index (χ4n) is 2.32. The van der Waals surface area contributed by atoms with Crippen molar-refractivity contribution >= 4 is 0 Å². The summed E-state index contributed by atoms with van der Waals surface area (Å²) in [7, 11) is 0. The van der Waals surface area contributed by atoms with Crippen LogP contribution in [0.5, 0.6) is 0 Å². The number of hydrogen-bond acceptors (Lipinski definition) is 3. The summed E-state index contributed by atoms with van der Waals surface area (Å²) < 4.78 is 0. The Kier molecular flexibility index (Phi) is 2.22. The van der Waals surface area contributed by atoms with Crippen LogP contribution in [0.1, 0.15) is 67.6 Å². The summed E-state index contributed by atoms with van der Waals surface area (Å²) in [4.78, 5) is 9.46. The third-order valence-corrected chi connectivity index (χ3v) is 3.93. The molecular weight excluding hydrogens is 210 g/mol. The quantitative estimate of drug-likeness (QED) is 0.843. The second-order valence-electron chi connectivity index (χ2n) is 5.84. The minimum absolute atomic E-state index is 0.743. The van der Waals surface area contributed by atoms with Gasteiger partial charge in [0.25, 0.3) is 0 Å². The van der Waals surface area contributed by atoms with Crippen LogP contribution in [0.15, 0.2) is 6.07 Å². The lowest BCUT2D eigenvalue weighted by atomic mass is 10.2. The van der Waals surface area contributed by atoms with Crippen LogP contribution < -0.4 is 5.32 Å². The molecule has 17 heavy (non-hydrogen) atoms. The number of nitrogens with one attached hydrogen (secondary N) is 1. The van der Waals surface area contributed by atoms with Crippen molar-refractivity contribution < 1.29 is 0 Å². The van der Waals surface area contributed by atoms with E-state index in [2.05, 4.69) is 11.4 Å². The van der Waals surface area contributed by atoms with Gasteiger partial charge >= 0.3 is 0 Å². The van der Waals surface area contributed by atoms with Crippen LogP contribution in [0.25, 0.3) is 0 Å². The molecule has 3 aliphatic carbocycles. The standard InChI is InChI=1S/C14H19N3/c1-2-9(1)12-7-13(10-3-4-10)17-14(16-12)8-15-11-5-6-11/h7,9-11,15H,1-6,8H2. The largest absolute Gasteiger partial charge is 0.307 e. The summed E-state index contributed by atoms with van der Waals surface area (Å²) in [5.74, 6) is 2.52. The van der Waals surface area contributed by atoms with Crippen LogP contribution in [0, 0.1) is 0 Å². The van der Waals surface area contributed by atoms with E-state index >= 15 is 0 Å². The highest BCUT2D eigenvalue weighted by Crippen LogP contribution is 2.43. The lowest BCUT2D eigenvalue weighted by Crippen LogP contribution is -2.18. The van der Waals surface area contributed by atoms with E-state index in [1.54, 1.807) is 0 Å². The maximum absolute atomic E-state index is 4.73. The summed E-state index contributed by atoms with van der Waals surface area (Å²) in [5, 5.41) is 3.52. The Balaban J connectivity index is 1.56. The van der Waals surface area contributed by atoms with Gasteiger partial charge in [-0.25, -0.2) is 9.97 Å². The predicted molar refractivity (Wildman–Crippen MR) is 65.8 cm³/mol. The maximum Gasteiger partial charge on any atom is 0.142 e. The molecule has 0 radical (unpaired) electrons. The topological polar surface area (TPSA) is 37.8 Å². The van der Waals surface area contributed by atoms with Gasteiger partial charge in [0, 0.05) is 29.3 Å². The van der Waals surface area contributed by atoms with E-state index in [4.69, 9.17) is 9.97 Å². The number of rotatable bonds is 5. The Morgan fingerprint density at radius 3 is 2.00 bits per heavy atom. The Labute approximate surface area is 102 Å². The molecule has 0 aromatic carbocycles. The summed E-state index contributed by atoms with van der Waals surface area (Å²) in [6.45, 7) is 0.866. The van der Waals surface area contributed by atoms with Gasteiger partial charge in [0.15, 0.2) is 0 Å². The lowest BCUT2D eigenvalue weighted by molar-refractivity contribution is 0.648. The molecule has 0 aliphatic heterocycles. The molecule has 0 saturated heterocycles. The fraction of sp³-hybridized carbons (Fsp3) is 0.714. The molecular formula is C14H19N3. The summed E-state index contributed by atoms with van der Waals surface area (Å²) in [6, 6.07) is 3.02. The monoisotopic (exact) mass is 229 g/mol. The van der Waals surface area contributed by atoms with Crippen LogP contribution >= 0.6 is 0 Å². The second kappa shape index (κ2) is 3.77. The van der Waals surface area contributed by atoms with Crippen molar-refractivity contribution in [1.82, 2.24) is 15.3 Å². The molecule has 1 aromatic rings. The molecule has 0 unspecified atom stereocenters. The second-order valence-corrected chi connectivity index (χ2v) is 5.84. The normalized spacial score (nSPS) is 24.0. The van der Waals surface area contributed by atoms with Gasteiger partial charge in [0.05, 0.1) is 6.54 Å². The van der Waals surface area contributed by atoms with Crippen molar-refractivity contribution in [2.75, 3.05) is 0 Å². The molecule has 90 valence electrons. The zero-order chi connectivity index (χ0) is 11.2. The molecule has 1 heterocycles. The van der Waals surface area contributed by atoms with Gasteiger partial charge in [-0.15, -0.1) is 0 Å². The molecule has 4 rings (SSSR count). The first-order valence-electron chi connectivity index (χ1n) is 6.99. The molecule has 0 atom stereocenters. The molecule has 0 bridgehead atoms. The van der Waals surface area contributed by atoms with Crippen molar-refractivity contribution in [2.45, 2.75) is 62.9 Å². The Morgan fingerprint density at radius 1 is 0.941 bits per heavy atom. The lowest BCUT2D eigenvalue weighted by Gasteiger charge is -2.07. The maximum atomic E-state index is 4.73. The molecule has 0 amide bonds. The van der Waals surface area contributed by atoms with Gasteiger partial charge in [-0.2, -0.15) is 0 Å². The third-order valence-electron chi connectivity index (χ3n) is 3.93. The zero-order valence-electron chi connectivity index (χ0n) is 10.2. The van der Waals surface area contributed by atoms with E-state index in [1.807, 2.05) is 0 Å². The number of aromatic nitrogens is 2. The van der Waals surface area contributed by atoms with Gasteiger partial charge in [-0.05, 0) is 44.6 Å². The minimum Gasteiger partial charge on any atom is -0.307 e. The summed E-state index contributed by atoms with van der Waals surface area (Å²) >= 11 is 0. The highest BCUT2D eigenvalue weighted by Gasteiger charge is 2.30. The zero-order valence-corrected chi connectivity index (χ0v) is 10.2. The van der Waals surface area contributed by atoms with Gasteiger partial charge < -0.3 is 5.32 Å². The average Bonchev–Trinajstić information content (AvgIpc) is 3.20. The van der Waals surface area contributed by atoms with Gasteiger partial charge in [-0.1, -0.05) is 0 Å². The van der Waals surface area contributed by atoms with Crippen molar-refractivity contribution in [2.24, 2.45) is 0 Å². The first kappa shape index (κ1) is 10.0.